The summed E-state index contributed by atoms with van der Waals surface area (Å²) in [5.74, 6) is 3.82. The number of piperidine rings is 1. The van der Waals surface area contributed by atoms with Crippen LogP contribution in [0.1, 0.15) is 30.0 Å². The number of anilines is 1. The topological polar surface area (TPSA) is 63.6 Å². The third kappa shape index (κ3) is 4.83. The van der Waals surface area contributed by atoms with Crippen LogP contribution in [0.4, 0.5) is 5.82 Å². The second kappa shape index (κ2) is 9.96. The minimum Gasteiger partial charge on any atom is -0.496 e. The number of nitrogens with zero attached hydrogens (tertiary/aromatic N) is 5. The third-order valence-corrected chi connectivity index (χ3v) is 6.03. The highest BCUT2D eigenvalue weighted by Crippen LogP contribution is 2.34. The molecule has 0 bridgehead atoms. The molecule has 3 heterocycles. The van der Waals surface area contributed by atoms with Crippen LogP contribution in [0.2, 0.25) is 0 Å². The summed E-state index contributed by atoms with van der Waals surface area (Å²) in [6, 6.07) is 12.0. The number of aromatic nitrogens is 3. The summed E-state index contributed by atoms with van der Waals surface area (Å²) in [7, 11) is 7.45. The van der Waals surface area contributed by atoms with Crippen molar-refractivity contribution in [2.24, 2.45) is 0 Å². The van der Waals surface area contributed by atoms with E-state index in [0.717, 1.165) is 72.4 Å². The molecule has 1 saturated heterocycles. The zero-order valence-electron chi connectivity index (χ0n) is 19.3. The molecular formula is C25H31N5O2. The first-order chi connectivity index (χ1) is 15.6. The molecule has 168 valence electrons. The van der Waals surface area contributed by atoms with Gasteiger partial charge < -0.3 is 14.4 Å². The predicted octanol–water partition coefficient (Wildman–Crippen LogP) is 4.00. The minimum absolute atomic E-state index is 0.405. The molecule has 0 N–H and O–H groups in total. The fourth-order valence-corrected chi connectivity index (χ4v) is 4.21. The maximum atomic E-state index is 5.58. The highest BCUT2D eigenvalue weighted by molar-refractivity contribution is 5.57. The van der Waals surface area contributed by atoms with E-state index >= 15 is 0 Å². The lowest BCUT2D eigenvalue weighted by Crippen LogP contribution is -2.33. The van der Waals surface area contributed by atoms with Crippen molar-refractivity contribution in [1.82, 2.24) is 19.9 Å². The monoisotopic (exact) mass is 433 g/mol. The van der Waals surface area contributed by atoms with Crippen molar-refractivity contribution >= 4 is 5.82 Å². The first-order valence-corrected chi connectivity index (χ1v) is 11.0. The summed E-state index contributed by atoms with van der Waals surface area (Å²) < 4.78 is 11.2. The highest BCUT2D eigenvalue weighted by atomic mass is 16.5. The maximum Gasteiger partial charge on any atom is 0.163 e. The van der Waals surface area contributed by atoms with Gasteiger partial charge in [0.15, 0.2) is 5.82 Å². The molecule has 0 amide bonds. The Balaban J connectivity index is 1.51. The summed E-state index contributed by atoms with van der Waals surface area (Å²) in [6.45, 7) is 2.80. The Hall–Kier alpha value is -3.19. The molecular weight excluding hydrogens is 402 g/mol. The fourth-order valence-electron chi connectivity index (χ4n) is 4.21. The molecule has 0 atom stereocenters. The lowest BCUT2D eigenvalue weighted by Gasteiger charge is -2.32. The lowest BCUT2D eigenvalue weighted by atomic mass is 9.92. The number of methoxy groups -OCH3 is 2. The van der Waals surface area contributed by atoms with E-state index in [1.807, 2.05) is 55.5 Å². The van der Waals surface area contributed by atoms with E-state index in [0.29, 0.717) is 5.92 Å². The van der Waals surface area contributed by atoms with Crippen LogP contribution < -0.4 is 14.4 Å². The zero-order valence-corrected chi connectivity index (χ0v) is 19.3. The molecule has 0 saturated carbocycles. The summed E-state index contributed by atoms with van der Waals surface area (Å²) >= 11 is 0. The van der Waals surface area contributed by atoms with Crippen LogP contribution in [0.3, 0.4) is 0 Å². The molecule has 7 heteroatoms. The molecule has 0 aliphatic carbocycles. The Morgan fingerprint density at radius 2 is 1.72 bits per heavy atom. The van der Waals surface area contributed by atoms with Gasteiger partial charge in [-0.25, -0.2) is 9.97 Å². The van der Waals surface area contributed by atoms with E-state index in [1.165, 1.54) is 0 Å². The van der Waals surface area contributed by atoms with E-state index < -0.39 is 0 Å². The molecule has 1 aliphatic rings. The zero-order chi connectivity index (χ0) is 22.5. The second-order valence-corrected chi connectivity index (χ2v) is 8.30. The molecule has 2 aromatic heterocycles. The minimum atomic E-state index is 0.405. The van der Waals surface area contributed by atoms with Gasteiger partial charge in [0, 0.05) is 56.3 Å². The fraction of sp³-hybridized carbons (Fsp3) is 0.400. The first-order valence-electron chi connectivity index (χ1n) is 11.0. The van der Waals surface area contributed by atoms with Gasteiger partial charge in [-0.3, -0.25) is 9.88 Å². The Labute approximate surface area is 190 Å². The van der Waals surface area contributed by atoms with Gasteiger partial charge in [-0.1, -0.05) is 6.07 Å². The van der Waals surface area contributed by atoms with E-state index in [-0.39, 0.29) is 0 Å². The molecule has 4 rings (SSSR count). The Kier molecular flexibility index (Phi) is 6.85. The Morgan fingerprint density at radius 1 is 1.00 bits per heavy atom. The molecule has 1 aromatic carbocycles. The van der Waals surface area contributed by atoms with Crippen LogP contribution in [0.25, 0.3) is 11.4 Å². The van der Waals surface area contributed by atoms with Crippen molar-refractivity contribution < 1.29 is 9.47 Å². The quantitative estimate of drug-likeness (QED) is 0.558. The van der Waals surface area contributed by atoms with Crippen molar-refractivity contribution in [3.63, 3.8) is 0 Å². The maximum absolute atomic E-state index is 5.58. The van der Waals surface area contributed by atoms with E-state index in [9.17, 15) is 0 Å². The summed E-state index contributed by atoms with van der Waals surface area (Å²) in [4.78, 5) is 18.4. The van der Waals surface area contributed by atoms with E-state index in [4.69, 9.17) is 19.4 Å². The number of pyridine rings is 1. The first kappa shape index (κ1) is 22.0. The van der Waals surface area contributed by atoms with Crippen LogP contribution in [0.5, 0.6) is 11.5 Å². The number of hydrogen-bond donors (Lipinski definition) is 0. The van der Waals surface area contributed by atoms with Crippen molar-refractivity contribution in [2.75, 3.05) is 46.3 Å². The predicted molar refractivity (Wildman–Crippen MR) is 126 cm³/mol. The molecule has 32 heavy (non-hydrogen) atoms. The number of likely N-dealkylation sites (tertiary alicyclic amines) is 1. The van der Waals surface area contributed by atoms with E-state index in [1.54, 1.807) is 20.4 Å². The van der Waals surface area contributed by atoms with Gasteiger partial charge in [-0.2, -0.15) is 0 Å². The standard InChI is InChI=1S/C25H31N5O2/c1-29(2)24-15-21(27-25(28-24)19-7-6-12-26-16-19)18-10-13-30(14-11-18)17-20-22(31-3)8-5-9-23(20)32-4/h5-9,12,15-16,18H,10-11,13-14,17H2,1-4H3. The number of hydrogen-bond acceptors (Lipinski definition) is 7. The van der Waals surface area contributed by atoms with Crippen molar-refractivity contribution in [3.05, 3.63) is 60.0 Å². The van der Waals surface area contributed by atoms with Crippen molar-refractivity contribution in [3.8, 4) is 22.9 Å². The van der Waals surface area contributed by atoms with Crippen LogP contribution in [-0.2, 0) is 6.54 Å². The number of ether oxygens (including phenoxy) is 2. The number of benzene rings is 1. The summed E-state index contributed by atoms with van der Waals surface area (Å²) in [6.07, 6.45) is 5.69. The largest absolute Gasteiger partial charge is 0.496 e. The van der Waals surface area contributed by atoms with Gasteiger partial charge in [-0.15, -0.1) is 0 Å². The molecule has 0 unspecified atom stereocenters. The molecule has 1 fully saturated rings. The normalized spacial score (nSPS) is 14.9. The van der Waals surface area contributed by atoms with Gasteiger partial charge in [-0.05, 0) is 50.2 Å². The smallest absolute Gasteiger partial charge is 0.163 e. The van der Waals surface area contributed by atoms with Crippen LogP contribution in [-0.4, -0.2) is 61.3 Å². The van der Waals surface area contributed by atoms with Crippen LogP contribution >= 0.6 is 0 Å². The van der Waals surface area contributed by atoms with E-state index in [2.05, 4.69) is 16.0 Å². The average molecular weight is 434 g/mol. The third-order valence-electron chi connectivity index (χ3n) is 6.03. The van der Waals surface area contributed by atoms with Gasteiger partial charge in [0.05, 0.1) is 19.8 Å². The van der Waals surface area contributed by atoms with Gasteiger partial charge >= 0.3 is 0 Å². The van der Waals surface area contributed by atoms with Crippen molar-refractivity contribution in [2.45, 2.75) is 25.3 Å². The Bertz CT molecular complexity index is 1010. The average Bonchev–Trinajstić information content (AvgIpc) is 2.84. The molecule has 0 spiro atoms. The van der Waals surface area contributed by atoms with Gasteiger partial charge in [0.2, 0.25) is 0 Å². The van der Waals surface area contributed by atoms with Crippen LogP contribution in [0.15, 0.2) is 48.8 Å². The SMILES string of the molecule is COc1cccc(OC)c1CN1CCC(c2cc(N(C)C)nc(-c3cccnc3)n2)CC1. The van der Waals surface area contributed by atoms with Gasteiger partial charge in [0.25, 0.3) is 0 Å². The molecule has 1 aliphatic heterocycles. The Morgan fingerprint density at radius 3 is 2.31 bits per heavy atom. The van der Waals surface area contributed by atoms with Gasteiger partial charge in [0.1, 0.15) is 17.3 Å². The lowest BCUT2D eigenvalue weighted by molar-refractivity contribution is 0.198. The summed E-state index contributed by atoms with van der Waals surface area (Å²) in [5, 5.41) is 0. The molecule has 0 radical (unpaired) electrons. The molecule has 7 nitrogen and oxygen atoms in total. The highest BCUT2D eigenvalue weighted by Gasteiger charge is 2.25. The molecule has 3 aromatic rings. The summed E-state index contributed by atoms with van der Waals surface area (Å²) in [5.41, 5.74) is 3.15. The number of rotatable bonds is 7. The second-order valence-electron chi connectivity index (χ2n) is 8.30. The van der Waals surface area contributed by atoms with Crippen molar-refractivity contribution in [1.29, 1.82) is 0 Å². The van der Waals surface area contributed by atoms with Crippen LogP contribution in [0, 0.1) is 0 Å².